The smallest absolute Gasteiger partial charge is 0.0786 e. The van der Waals surface area contributed by atoms with Crippen molar-refractivity contribution in [1.29, 1.82) is 0 Å². The van der Waals surface area contributed by atoms with Crippen LogP contribution in [0.25, 0.3) is 0 Å². The molecule has 0 nitrogen and oxygen atoms in total. The third kappa shape index (κ3) is 2.72. The average Bonchev–Trinajstić information content (AvgIpc) is 2.31. The van der Waals surface area contributed by atoms with Crippen molar-refractivity contribution in [3.05, 3.63) is 60.2 Å². The van der Waals surface area contributed by atoms with Crippen molar-refractivity contribution in [3.8, 4) is 0 Å². The lowest BCUT2D eigenvalue weighted by atomic mass is 9.64. The second-order valence-corrected chi connectivity index (χ2v) is 3.83. The van der Waals surface area contributed by atoms with Crippen LogP contribution in [-0.4, -0.2) is 7.28 Å². The number of hydrogen-bond donors (Lipinski definition) is 0. The van der Waals surface area contributed by atoms with Crippen LogP contribution >= 0.6 is 0 Å². The maximum atomic E-state index is 2.23. The second kappa shape index (κ2) is 4.83. The van der Waals surface area contributed by atoms with E-state index in [9.17, 15) is 0 Å². The highest BCUT2D eigenvalue weighted by Crippen LogP contribution is 1.96. The quantitative estimate of drug-likeness (QED) is 0.651. The Morgan fingerprint density at radius 2 is 1.40 bits per heavy atom. The fraction of sp³-hybridized carbons (Fsp3) is 0.143. The zero-order chi connectivity index (χ0) is 10.5. The summed E-state index contributed by atoms with van der Waals surface area (Å²) in [5.41, 5.74) is 4.17. The summed E-state index contributed by atoms with van der Waals surface area (Å²) in [6, 6.07) is 19.5. The highest BCUT2D eigenvalue weighted by Gasteiger charge is 1.97. The Morgan fingerprint density at radius 3 is 2.00 bits per heavy atom. The first-order valence-corrected chi connectivity index (χ1v) is 5.50. The van der Waals surface area contributed by atoms with Crippen LogP contribution in [0.15, 0.2) is 54.6 Å². The van der Waals surface area contributed by atoms with Gasteiger partial charge in [-0.05, 0) is 12.0 Å². The number of aryl methyl sites for hydroxylation is 1. The third-order valence-corrected chi connectivity index (χ3v) is 2.68. The average molecular weight is 194 g/mol. The fourth-order valence-corrected chi connectivity index (χ4v) is 1.72. The van der Waals surface area contributed by atoms with Crippen LogP contribution in [0, 0.1) is 0 Å². The van der Waals surface area contributed by atoms with Crippen molar-refractivity contribution in [2.24, 2.45) is 0 Å². The second-order valence-electron chi connectivity index (χ2n) is 3.83. The predicted octanol–water partition coefficient (Wildman–Crippen LogP) is 1.64. The predicted molar refractivity (Wildman–Crippen MR) is 68.7 cm³/mol. The summed E-state index contributed by atoms with van der Waals surface area (Å²) < 4.78 is 0. The molecule has 0 aliphatic heterocycles. The lowest BCUT2D eigenvalue weighted by Crippen LogP contribution is -2.26. The van der Waals surface area contributed by atoms with Gasteiger partial charge < -0.3 is 0 Å². The maximum Gasteiger partial charge on any atom is 0.192 e. The molecule has 0 aliphatic rings. The summed E-state index contributed by atoms with van der Waals surface area (Å²) in [5, 5.41) is 0. The van der Waals surface area contributed by atoms with E-state index in [0.717, 1.165) is 13.7 Å². The number of hydrogen-bond acceptors (Lipinski definition) is 0. The van der Waals surface area contributed by atoms with Gasteiger partial charge in [-0.1, -0.05) is 72.4 Å². The van der Waals surface area contributed by atoms with E-state index in [-0.39, 0.29) is 0 Å². The van der Waals surface area contributed by atoms with Crippen molar-refractivity contribution in [2.75, 3.05) is 0 Å². The van der Waals surface area contributed by atoms with E-state index in [4.69, 9.17) is 0 Å². The Labute approximate surface area is 92.2 Å². The molecule has 0 bridgehead atoms. The van der Waals surface area contributed by atoms with Gasteiger partial charge in [0.05, 0.1) is 0 Å². The van der Waals surface area contributed by atoms with Gasteiger partial charge in [0.1, 0.15) is 0 Å². The van der Waals surface area contributed by atoms with E-state index in [2.05, 4.69) is 61.5 Å². The van der Waals surface area contributed by atoms with Crippen molar-refractivity contribution in [1.82, 2.24) is 0 Å². The van der Waals surface area contributed by atoms with Crippen LogP contribution in [0.2, 0.25) is 0 Å². The molecule has 0 fully saturated rings. The first kappa shape index (κ1) is 10.0. The van der Waals surface area contributed by atoms with Gasteiger partial charge in [-0.15, -0.1) is 0 Å². The van der Waals surface area contributed by atoms with Gasteiger partial charge in [-0.3, -0.25) is 0 Å². The Bertz CT molecular complexity index is 403. The molecular formula is C14H15B. The molecule has 0 saturated heterocycles. The number of benzene rings is 2. The molecule has 0 atom stereocenters. The molecule has 0 aliphatic carbocycles. The summed E-state index contributed by atoms with van der Waals surface area (Å²) in [6.07, 6.45) is 1.12. The largest absolute Gasteiger partial charge is 0.192 e. The molecule has 2 rings (SSSR count). The number of rotatable bonds is 3. The highest BCUT2D eigenvalue weighted by molar-refractivity contribution is 6.67. The molecule has 0 aromatic heterocycles. The Balaban J connectivity index is 2.11. The van der Waals surface area contributed by atoms with Gasteiger partial charge in [-0.2, -0.15) is 0 Å². The lowest BCUT2D eigenvalue weighted by Gasteiger charge is -2.01. The summed E-state index contributed by atoms with van der Waals surface area (Å²) in [4.78, 5) is 0. The topological polar surface area (TPSA) is 0 Å². The monoisotopic (exact) mass is 194 g/mol. The van der Waals surface area contributed by atoms with E-state index in [0.29, 0.717) is 0 Å². The molecule has 0 unspecified atom stereocenters. The molecule has 1 heteroatoms. The summed E-state index contributed by atoms with van der Waals surface area (Å²) >= 11 is 0. The summed E-state index contributed by atoms with van der Waals surface area (Å²) in [6.45, 7) is 2.19. The van der Waals surface area contributed by atoms with Gasteiger partial charge in [0, 0.05) is 0 Å². The van der Waals surface area contributed by atoms with Crippen molar-refractivity contribution in [3.63, 3.8) is 0 Å². The highest BCUT2D eigenvalue weighted by atomic mass is 13.9. The van der Waals surface area contributed by atoms with E-state index in [1.807, 2.05) is 0 Å². The standard InChI is InChI=1S/C14H15B/c1-2-12-8-10-14(11-9-12)15-13-6-4-3-5-7-13/h3-11,15H,2H2,1H3. The molecule has 15 heavy (non-hydrogen) atoms. The lowest BCUT2D eigenvalue weighted by molar-refractivity contribution is 1.14. The maximum absolute atomic E-state index is 2.23. The molecule has 2 aromatic rings. The minimum Gasteiger partial charge on any atom is -0.0786 e. The Morgan fingerprint density at radius 1 is 0.800 bits per heavy atom. The van der Waals surface area contributed by atoms with E-state index in [1.54, 1.807) is 0 Å². The van der Waals surface area contributed by atoms with Crippen LogP contribution in [-0.2, 0) is 6.42 Å². The molecule has 74 valence electrons. The third-order valence-electron chi connectivity index (χ3n) is 2.68. The molecule has 0 heterocycles. The van der Waals surface area contributed by atoms with Crippen LogP contribution in [0.3, 0.4) is 0 Å². The minimum atomic E-state index is 1.03. The molecule has 0 spiro atoms. The SMILES string of the molecule is CCc1ccc(Bc2ccccc2)cc1. The van der Waals surface area contributed by atoms with Gasteiger partial charge in [0.15, 0.2) is 7.28 Å². The Kier molecular flexibility index (Phi) is 3.23. The zero-order valence-electron chi connectivity index (χ0n) is 9.11. The zero-order valence-corrected chi connectivity index (χ0v) is 9.11. The van der Waals surface area contributed by atoms with Gasteiger partial charge in [0.25, 0.3) is 0 Å². The first-order chi connectivity index (χ1) is 7.38. The van der Waals surface area contributed by atoms with Crippen LogP contribution in [0.5, 0.6) is 0 Å². The molecule has 0 N–H and O–H groups in total. The van der Waals surface area contributed by atoms with Crippen molar-refractivity contribution >= 4 is 18.2 Å². The van der Waals surface area contributed by atoms with Crippen LogP contribution in [0.1, 0.15) is 12.5 Å². The molecular weight excluding hydrogens is 179 g/mol. The molecule has 2 aromatic carbocycles. The fourth-order valence-electron chi connectivity index (χ4n) is 1.72. The molecule has 0 amide bonds. The molecule has 0 radical (unpaired) electrons. The van der Waals surface area contributed by atoms with Crippen molar-refractivity contribution in [2.45, 2.75) is 13.3 Å². The van der Waals surface area contributed by atoms with E-state index in [1.165, 1.54) is 16.5 Å². The normalized spacial score (nSPS) is 9.93. The van der Waals surface area contributed by atoms with Gasteiger partial charge in [-0.25, -0.2) is 0 Å². The first-order valence-electron chi connectivity index (χ1n) is 5.50. The van der Waals surface area contributed by atoms with Gasteiger partial charge >= 0.3 is 0 Å². The van der Waals surface area contributed by atoms with E-state index < -0.39 is 0 Å². The molecule has 0 saturated carbocycles. The Hall–Kier alpha value is -1.50. The summed E-state index contributed by atoms with van der Waals surface area (Å²) in [5.74, 6) is 0. The van der Waals surface area contributed by atoms with Crippen molar-refractivity contribution < 1.29 is 0 Å². The summed E-state index contributed by atoms with van der Waals surface area (Å²) in [7, 11) is 1.03. The van der Waals surface area contributed by atoms with Gasteiger partial charge in [0.2, 0.25) is 0 Å². The van der Waals surface area contributed by atoms with Crippen LogP contribution in [0.4, 0.5) is 0 Å². The van der Waals surface area contributed by atoms with Crippen LogP contribution < -0.4 is 10.9 Å². The van der Waals surface area contributed by atoms with E-state index >= 15 is 0 Å². The minimum absolute atomic E-state index is 1.03.